The van der Waals surface area contributed by atoms with Crippen LogP contribution in [0.5, 0.6) is 0 Å². The molecule has 60 valence electrons. The predicted octanol–water partition coefficient (Wildman–Crippen LogP) is 1.23. The number of aliphatic imine (C=N–C) groups is 1. The van der Waals surface area contributed by atoms with Gasteiger partial charge in [-0.15, -0.1) is 0 Å². The fourth-order valence-electron chi connectivity index (χ4n) is 0.697. The van der Waals surface area contributed by atoms with Crippen LogP contribution in [0.1, 0.15) is 6.92 Å². The number of nitrogens with zero attached hydrogens (tertiary/aromatic N) is 2. The second kappa shape index (κ2) is 2.62. The number of halogens is 1. The third-order valence-corrected chi connectivity index (χ3v) is 1.72. The lowest BCUT2D eigenvalue weighted by molar-refractivity contribution is -0.527. The van der Waals surface area contributed by atoms with Gasteiger partial charge in [-0.25, -0.2) is 0 Å². The summed E-state index contributed by atoms with van der Waals surface area (Å²) in [5, 5.41) is 10.4. The highest BCUT2D eigenvalue weighted by atomic mass is 35.5. The Hall–Kier alpha value is -0.900. The molecule has 0 aromatic heterocycles. The number of dihydropyridines is 1. The zero-order chi connectivity index (χ0) is 8.48. The molecule has 0 aromatic rings. The van der Waals surface area contributed by atoms with Crippen LogP contribution in [0.15, 0.2) is 17.1 Å². The molecule has 1 aliphatic heterocycles. The summed E-state index contributed by atoms with van der Waals surface area (Å²) in [4.78, 5) is 13.7. The van der Waals surface area contributed by atoms with Crippen molar-refractivity contribution in [3.05, 3.63) is 22.3 Å². The summed E-state index contributed by atoms with van der Waals surface area (Å²) in [6.45, 7) is 1.47. The average Bonchev–Trinajstić information content (AvgIpc) is 1.95. The van der Waals surface area contributed by atoms with E-state index in [0.717, 1.165) is 0 Å². The first-order valence-electron chi connectivity index (χ1n) is 3.07. The van der Waals surface area contributed by atoms with Crippen LogP contribution in [0, 0.1) is 10.1 Å². The zero-order valence-electron chi connectivity index (χ0n) is 5.90. The number of alkyl halides is 1. The van der Waals surface area contributed by atoms with E-state index in [1.165, 1.54) is 25.3 Å². The molecule has 11 heavy (non-hydrogen) atoms. The zero-order valence-corrected chi connectivity index (χ0v) is 6.65. The Morgan fingerprint density at radius 2 is 2.45 bits per heavy atom. The summed E-state index contributed by atoms with van der Waals surface area (Å²) >= 11 is 5.54. The first-order valence-corrected chi connectivity index (χ1v) is 3.50. The van der Waals surface area contributed by atoms with Crippen LogP contribution in [-0.4, -0.2) is 22.2 Å². The fraction of sp³-hybridized carbons (Fsp3) is 0.500. The number of rotatable bonds is 1. The van der Waals surface area contributed by atoms with E-state index in [0.29, 0.717) is 0 Å². The van der Waals surface area contributed by atoms with Crippen molar-refractivity contribution < 1.29 is 4.92 Å². The van der Waals surface area contributed by atoms with Crippen LogP contribution in [-0.2, 0) is 0 Å². The SMILES string of the molecule is CC1([N+](=O)[O-])C=CC(Cl)N=C1. The number of hydrogen-bond acceptors (Lipinski definition) is 3. The summed E-state index contributed by atoms with van der Waals surface area (Å²) < 4.78 is 0. The van der Waals surface area contributed by atoms with Gasteiger partial charge >= 0.3 is 0 Å². The van der Waals surface area contributed by atoms with Crippen LogP contribution in [0.2, 0.25) is 0 Å². The smallest absolute Gasteiger partial charge is 0.266 e. The molecule has 2 unspecified atom stereocenters. The molecular weight excluding hydrogens is 168 g/mol. The molecule has 1 aliphatic rings. The predicted molar refractivity (Wildman–Crippen MR) is 42.7 cm³/mol. The molecule has 0 bridgehead atoms. The molecule has 0 spiro atoms. The van der Waals surface area contributed by atoms with Gasteiger partial charge in [0.25, 0.3) is 5.54 Å². The quantitative estimate of drug-likeness (QED) is 0.197. The first kappa shape index (κ1) is 8.20. The second-order valence-electron chi connectivity index (χ2n) is 2.49. The third-order valence-electron chi connectivity index (χ3n) is 1.46. The standard InChI is InChI=1S/C6H7ClN2O2/c1-6(9(10)11)3-2-5(7)8-4-6/h2-5H,1H3. The Balaban J connectivity index is 2.85. The molecule has 0 aliphatic carbocycles. The summed E-state index contributed by atoms with van der Waals surface area (Å²) in [5.74, 6) is 0. The summed E-state index contributed by atoms with van der Waals surface area (Å²) in [5.41, 5.74) is -1.63. The molecule has 0 saturated heterocycles. The van der Waals surface area contributed by atoms with Gasteiger partial charge in [0.2, 0.25) is 0 Å². The number of nitro groups is 1. The van der Waals surface area contributed by atoms with E-state index < -0.39 is 16.0 Å². The minimum absolute atomic E-state index is 0.407. The summed E-state index contributed by atoms with van der Waals surface area (Å²) in [7, 11) is 0. The maximum atomic E-state index is 10.4. The van der Waals surface area contributed by atoms with Crippen LogP contribution in [0.3, 0.4) is 0 Å². The van der Waals surface area contributed by atoms with E-state index in [4.69, 9.17) is 11.6 Å². The van der Waals surface area contributed by atoms with E-state index in [-0.39, 0.29) is 0 Å². The lowest BCUT2D eigenvalue weighted by Crippen LogP contribution is -2.36. The Kier molecular flexibility index (Phi) is 1.95. The lowest BCUT2D eigenvalue weighted by Gasteiger charge is -2.15. The molecule has 5 heteroatoms. The van der Waals surface area contributed by atoms with Crippen molar-refractivity contribution in [2.45, 2.75) is 18.0 Å². The van der Waals surface area contributed by atoms with Gasteiger partial charge in [-0.3, -0.25) is 15.1 Å². The minimum Gasteiger partial charge on any atom is -0.266 e. The Bertz CT molecular complexity index is 223. The molecule has 0 amide bonds. The van der Waals surface area contributed by atoms with Crippen LogP contribution in [0.25, 0.3) is 0 Å². The van der Waals surface area contributed by atoms with Crippen molar-refractivity contribution in [1.29, 1.82) is 0 Å². The van der Waals surface area contributed by atoms with E-state index in [2.05, 4.69) is 4.99 Å². The molecule has 2 atom stereocenters. The van der Waals surface area contributed by atoms with Crippen molar-refractivity contribution in [3.8, 4) is 0 Å². The molecule has 1 rings (SSSR count). The Morgan fingerprint density at radius 3 is 2.82 bits per heavy atom. The van der Waals surface area contributed by atoms with E-state index in [1.54, 1.807) is 0 Å². The van der Waals surface area contributed by atoms with Gasteiger partial charge in [-0.05, 0) is 12.2 Å². The lowest BCUT2D eigenvalue weighted by atomic mass is 10.0. The third kappa shape index (κ3) is 1.57. The minimum atomic E-state index is -1.18. The number of hydrogen-bond donors (Lipinski definition) is 0. The molecule has 0 radical (unpaired) electrons. The molecule has 0 saturated carbocycles. The Labute approximate surface area is 68.7 Å². The van der Waals surface area contributed by atoms with Gasteiger partial charge < -0.3 is 0 Å². The highest BCUT2D eigenvalue weighted by molar-refractivity contribution is 6.22. The van der Waals surface area contributed by atoms with Crippen molar-refractivity contribution in [3.63, 3.8) is 0 Å². The van der Waals surface area contributed by atoms with Crippen molar-refractivity contribution in [2.75, 3.05) is 0 Å². The molecule has 4 nitrogen and oxygen atoms in total. The molecule has 0 aromatic carbocycles. The highest BCUT2D eigenvalue weighted by Crippen LogP contribution is 2.16. The second-order valence-corrected chi connectivity index (χ2v) is 2.94. The van der Waals surface area contributed by atoms with Crippen molar-refractivity contribution >= 4 is 17.8 Å². The van der Waals surface area contributed by atoms with Crippen molar-refractivity contribution in [2.24, 2.45) is 4.99 Å². The van der Waals surface area contributed by atoms with Crippen LogP contribution in [0.4, 0.5) is 0 Å². The van der Waals surface area contributed by atoms with E-state index >= 15 is 0 Å². The van der Waals surface area contributed by atoms with Gasteiger partial charge in [0.1, 0.15) is 5.50 Å². The molecule has 1 heterocycles. The monoisotopic (exact) mass is 174 g/mol. The molecule has 0 fully saturated rings. The Morgan fingerprint density at radius 1 is 1.82 bits per heavy atom. The van der Waals surface area contributed by atoms with Gasteiger partial charge in [-0.1, -0.05) is 11.6 Å². The van der Waals surface area contributed by atoms with Gasteiger partial charge in [0.15, 0.2) is 0 Å². The summed E-state index contributed by atoms with van der Waals surface area (Å²) in [6, 6.07) is 0. The maximum Gasteiger partial charge on any atom is 0.272 e. The molecular formula is C6H7ClN2O2. The van der Waals surface area contributed by atoms with Crippen LogP contribution >= 0.6 is 11.6 Å². The van der Waals surface area contributed by atoms with Crippen molar-refractivity contribution in [1.82, 2.24) is 0 Å². The molecule has 0 N–H and O–H groups in total. The van der Waals surface area contributed by atoms with Gasteiger partial charge in [0, 0.05) is 11.8 Å². The fourth-order valence-corrected chi connectivity index (χ4v) is 0.826. The normalized spacial score (nSPS) is 35.6. The van der Waals surface area contributed by atoms with E-state index in [9.17, 15) is 10.1 Å². The average molecular weight is 175 g/mol. The van der Waals surface area contributed by atoms with E-state index in [1.807, 2.05) is 0 Å². The van der Waals surface area contributed by atoms with Gasteiger partial charge in [-0.2, -0.15) is 0 Å². The first-order chi connectivity index (χ1) is 5.04. The van der Waals surface area contributed by atoms with Gasteiger partial charge in [0.05, 0.1) is 6.21 Å². The maximum absolute atomic E-state index is 10.4. The highest BCUT2D eigenvalue weighted by Gasteiger charge is 2.33. The topological polar surface area (TPSA) is 55.5 Å². The van der Waals surface area contributed by atoms with Crippen LogP contribution < -0.4 is 0 Å². The summed E-state index contributed by atoms with van der Waals surface area (Å²) in [6.07, 6.45) is 4.20. The largest absolute Gasteiger partial charge is 0.272 e.